The first-order valence-electron chi connectivity index (χ1n) is 36.4. The first-order valence-corrected chi connectivity index (χ1v) is 36.4. The summed E-state index contributed by atoms with van der Waals surface area (Å²) in [4.78, 5) is 24.6. The minimum absolute atomic E-state index is 0.0357. The Kier molecular flexibility index (Phi) is 68.4. The molecule has 3 N–H and O–H groups in total. The van der Waals surface area contributed by atoms with Crippen LogP contribution in [0.15, 0.2) is 48.6 Å². The average Bonchev–Trinajstić information content (AvgIpc) is 3.47. The Morgan fingerprint density at radius 3 is 0.951 bits per heavy atom. The molecule has 0 rings (SSSR count). The number of ether oxygens (including phenoxy) is 1. The number of nitrogens with one attached hydrogen (secondary N) is 1. The number of carbonyl (C=O) groups excluding carboxylic acids is 2. The van der Waals surface area contributed by atoms with E-state index in [1.54, 1.807) is 6.08 Å². The summed E-state index contributed by atoms with van der Waals surface area (Å²) >= 11 is 0. The molecule has 476 valence electrons. The van der Waals surface area contributed by atoms with Gasteiger partial charge in [-0.3, -0.25) is 9.59 Å². The highest BCUT2D eigenvalue weighted by atomic mass is 16.5. The minimum atomic E-state index is -0.851. The van der Waals surface area contributed by atoms with E-state index in [-0.39, 0.29) is 18.5 Å². The molecule has 0 saturated heterocycles. The number of aliphatic hydroxyl groups excluding tert-OH is 2. The van der Waals surface area contributed by atoms with Crippen molar-refractivity contribution in [2.45, 2.75) is 405 Å². The molecule has 6 nitrogen and oxygen atoms in total. The lowest BCUT2D eigenvalue weighted by Crippen LogP contribution is -2.45. The van der Waals surface area contributed by atoms with E-state index in [0.29, 0.717) is 19.4 Å². The third-order valence-electron chi connectivity index (χ3n) is 16.8. The third-order valence-corrected chi connectivity index (χ3v) is 16.8. The van der Waals surface area contributed by atoms with E-state index in [0.717, 1.165) is 51.4 Å². The fourth-order valence-corrected chi connectivity index (χ4v) is 11.3. The molecule has 0 bridgehead atoms. The molecule has 0 aliphatic carbocycles. The number of allylic oxidation sites excluding steroid dienone is 6. The number of rotatable bonds is 68. The van der Waals surface area contributed by atoms with E-state index in [2.05, 4.69) is 55.6 Å². The predicted octanol–water partition coefficient (Wildman–Crippen LogP) is 23.6. The van der Waals surface area contributed by atoms with Gasteiger partial charge in [-0.25, -0.2) is 0 Å². The summed E-state index contributed by atoms with van der Waals surface area (Å²) in [5.74, 6) is -0.105. The Hall–Kier alpha value is -2.18. The van der Waals surface area contributed by atoms with Gasteiger partial charge in [-0.1, -0.05) is 351 Å². The normalized spacial score (nSPS) is 12.8. The number of esters is 1. The second kappa shape index (κ2) is 70.3. The molecule has 0 fully saturated rings. The molecule has 0 aliphatic rings. The number of hydrogen-bond acceptors (Lipinski definition) is 5. The minimum Gasteiger partial charge on any atom is -0.465 e. The Morgan fingerprint density at radius 1 is 0.346 bits per heavy atom. The van der Waals surface area contributed by atoms with Crippen LogP contribution in [0.1, 0.15) is 393 Å². The molecule has 2 atom stereocenters. The molecule has 0 aromatic heterocycles. The van der Waals surface area contributed by atoms with Crippen molar-refractivity contribution in [3.8, 4) is 0 Å². The van der Waals surface area contributed by atoms with E-state index >= 15 is 0 Å². The standard InChI is InChI=1S/C75H141NO5/c1-3-5-7-9-11-13-15-17-19-21-23-24-25-26-28-32-35-39-43-47-51-55-59-63-67-73(78)72(71-77)76-74(79)68-64-60-56-52-48-44-40-36-33-29-27-30-34-38-42-46-50-54-58-62-66-70-81-75(80)69-65-61-57-53-49-45-41-37-31-22-20-18-16-14-12-10-8-6-4-2/h18,20,46,50,58,62-63,67,72-73,77-78H,3-17,19,21-45,47-49,51-57,59-61,64-66,68-71H2,1-2H3,(H,76,79)/b20-18-,50-46-,62-58-,67-63+. The smallest absolute Gasteiger partial charge is 0.305 e. The summed E-state index contributed by atoms with van der Waals surface area (Å²) in [6.07, 6.45) is 92.1. The van der Waals surface area contributed by atoms with Crippen LogP contribution in [-0.4, -0.2) is 47.4 Å². The molecule has 0 aromatic carbocycles. The van der Waals surface area contributed by atoms with Crippen molar-refractivity contribution in [1.29, 1.82) is 0 Å². The van der Waals surface area contributed by atoms with Crippen LogP contribution >= 0.6 is 0 Å². The van der Waals surface area contributed by atoms with Crippen LogP contribution in [0.3, 0.4) is 0 Å². The highest BCUT2D eigenvalue weighted by molar-refractivity contribution is 5.76. The number of carbonyl (C=O) groups is 2. The molecule has 6 heteroatoms. The van der Waals surface area contributed by atoms with Crippen molar-refractivity contribution in [3.63, 3.8) is 0 Å². The van der Waals surface area contributed by atoms with Gasteiger partial charge in [0.15, 0.2) is 0 Å². The van der Waals surface area contributed by atoms with E-state index in [1.165, 1.54) is 315 Å². The van der Waals surface area contributed by atoms with Crippen molar-refractivity contribution in [3.05, 3.63) is 48.6 Å². The fourth-order valence-electron chi connectivity index (χ4n) is 11.3. The van der Waals surface area contributed by atoms with Crippen molar-refractivity contribution in [1.82, 2.24) is 5.32 Å². The lowest BCUT2D eigenvalue weighted by Gasteiger charge is -2.20. The first-order chi connectivity index (χ1) is 40.0. The van der Waals surface area contributed by atoms with Gasteiger partial charge in [-0.15, -0.1) is 0 Å². The maximum Gasteiger partial charge on any atom is 0.305 e. The Morgan fingerprint density at radius 2 is 0.617 bits per heavy atom. The average molecular weight is 1140 g/mol. The number of aliphatic hydroxyl groups is 2. The zero-order chi connectivity index (χ0) is 58.5. The van der Waals surface area contributed by atoms with Crippen LogP contribution in [0, 0.1) is 0 Å². The SMILES string of the molecule is CCCCCCCC/C=C\CCCCCCCCCCCC(=O)OCC/C=C\C/C=C\CCCCCCCCCCCCCCCCC(=O)NC(CO)C(O)/C=C/CCCCCCCCCCCCCCCCCCCCCCCC. The molecule has 0 spiro atoms. The van der Waals surface area contributed by atoms with Gasteiger partial charge in [0.05, 0.1) is 25.4 Å². The third kappa shape index (κ3) is 66.8. The Bertz CT molecular complexity index is 1360. The molecule has 0 aromatic rings. The van der Waals surface area contributed by atoms with Gasteiger partial charge >= 0.3 is 5.97 Å². The van der Waals surface area contributed by atoms with Gasteiger partial charge in [0, 0.05) is 12.8 Å². The van der Waals surface area contributed by atoms with Crippen LogP contribution in [0.4, 0.5) is 0 Å². The molecular formula is C75H141NO5. The lowest BCUT2D eigenvalue weighted by atomic mass is 10.0. The molecule has 0 radical (unpaired) electrons. The van der Waals surface area contributed by atoms with Crippen LogP contribution in [0.25, 0.3) is 0 Å². The maximum atomic E-state index is 12.5. The van der Waals surface area contributed by atoms with Gasteiger partial charge in [0.2, 0.25) is 5.91 Å². The number of hydrogen-bond donors (Lipinski definition) is 3. The van der Waals surface area contributed by atoms with Crippen molar-refractivity contribution in [2.75, 3.05) is 13.2 Å². The molecule has 0 saturated carbocycles. The number of unbranched alkanes of at least 4 members (excludes halogenated alkanes) is 51. The van der Waals surface area contributed by atoms with E-state index < -0.39 is 12.1 Å². The van der Waals surface area contributed by atoms with Crippen molar-refractivity contribution in [2.24, 2.45) is 0 Å². The highest BCUT2D eigenvalue weighted by Gasteiger charge is 2.18. The topological polar surface area (TPSA) is 95.9 Å². The van der Waals surface area contributed by atoms with Crippen molar-refractivity contribution < 1.29 is 24.5 Å². The molecule has 2 unspecified atom stereocenters. The quantitative estimate of drug-likeness (QED) is 0.0320. The van der Waals surface area contributed by atoms with E-state index in [9.17, 15) is 19.8 Å². The molecule has 0 aliphatic heterocycles. The van der Waals surface area contributed by atoms with Gasteiger partial charge in [-0.05, 0) is 77.0 Å². The zero-order valence-electron chi connectivity index (χ0n) is 54.5. The summed E-state index contributed by atoms with van der Waals surface area (Å²) in [6.45, 7) is 4.82. The fraction of sp³-hybridized carbons (Fsp3) is 0.867. The monoisotopic (exact) mass is 1140 g/mol. The Balaban J connectivity index is 3.46. The zero-order valence-corrected chi connectivity index (χ0v) is 54.5. The van der Waals surface area contributed by atoms with Crippen LogP contribution in [0.2, 0.25) is 0 Å². The van der Waals surface area contributed by atoms with Crippen LogP contribution < -0.4 is 5.32 Å². The molecule has 1 amide bonds. The van der Waals surface area contributed by atoms with Crippen LogP contribution in [0.5, 0.6) is 0 Å². The summed E-state index contributed by atoms with van der Waals surface area (Å²) in [5, 5.41) is 23.3. The van der Waals surface area contributed by atoms with Crippen molar-refractivity contribution >= 4 is 11.9 Å². The summed E-state index contributed by atoms with van der Waals surface area (Å²) in [7, 11) is 0. The van der Waals surface area contributed by atoms with E-state index in [1.807, 2.05) is 6.08 Å². The first kappa shape index (κ1) is 78.8. The highest BCUT2D eigenvalue weighted by Crippen LogP contribution is 2.18. The maximum absolute atomic E-state index is 12.5. The number of amides is 1. The summed E-state index contributed by atoms with van der Waals surface area (Å²) in [6, 6.07) is -0.634. The molecule has 81 heavy (non-hydrogen) atoms. The second-order valence-corrected chi connectivity index (χ2v) is 24.9. The molecule has 0 heterocycles. The van der Waals surface area contributed by atoms with Gasteiger partial charge < -0.3 is 20.3 Å². The molecular weight excluding hydrogens is 995 g/mol. The van der Waals surface area contributed by atoms with Gasteiger partial charge in [0.1, 0.15) is 0 Å². The van der Waals surface area contributed by atoms with Gasteiger partial charge in [-0.2, -0.15) is 0 Å². The lowest BCUT2D eigenvalue weighted by molar-refractivity contribution is -0.143. The second-order valence-electron chi connectivity index (χ2n) is 24.9. The summed E-state index contributed by atoms with van der Waals surface area (Å²) in [5.41, 5.74) is 0. The summed E-state index contributed by atoms with van der Waals surface area (Å²) < 4.78 is 5.44. The van der Waals surface area contributed by atoms with Crippen LogP contribution in [-0.2, 0) is 14.3 Å². The largest absolute Gasteiger partial charge is 0.465 e. The Labute approximate surface area is 506 Å². The van der Waals surface area contributed by atoms with E-state index in [4.69, 9.17) is 4.74 Å². The van der Waals surface area contributed by atoms with Gasteiger partial charge in [0.25, 0.3) is 0 Å². The predicted molar refractivity (Wildman–Crippen MR) is 356 cm³/mol.